The first-order valence-corrected chi connectivity index (χ1v) is 6.09. The number of ether oxygens (including phenoxy) is 1. The lowest BCUT2D eigenvalue weighted by atomic mass is 10.1. The molecule has 0 spiro atoms. The molecule has 19 heavy (non-hydrogen) atoms. The van der Waals surface area contributed by atoms with Crippen LogP contribution in [0.2, 0.25) is 0 Å². The predicted octanol–water partition coefficient (Wildman–Crippen LogP) is 0.435. The number of carbonyl (C=O) groups is 3. The largest absolute Gasteiger partial charge is 0.481 e. The van der Waals surface area contributed by atoms with Gasteiger partial charge in [0.05, 0.1) is 5.92 Å². The van der Waals surface area contributed by atoms with E-state index in [4.69, 9.17) is 14.9 Å². The molecule has 0 bridgehead atoms. The molecule has 0 aromatic carbocycles. The van der Waals surface area contributed by atoms with Crippen molar-refractivity contribution in [3.8, 4) is 0 Å². The van der Waals surface area contributed by atoms with Crippen LogP contribution in [0.4, 0.5) is 0 Å². The van der Waals surface area contributed by atoms with Crippen molar-refractivity contribution >= 4 is 17.8 Å². The molecule has 0 aliphatic carbocycles. The molecule has 0 fully saturated rings. The summed E-state index contributed by atoms with van der Waals surface area (Å²) in [6.07, 6.45) is 0.853. The molecule has 0 aliphatic heterocycles. The minimum absolute atomic E-state index is 0.144. The number of hydrogen-bond acceptors (Lipinski definition) is 4. The highest BCUT2D eigenvalue weighted by Gasteiger charge is 2.31. The highest BCUT2D eigenvalue weighted by Crippen LogP contribution is 2.12. The van der Waals surface area contributed by atoms with E-state index in [2.05, 4.69) is 0 Å². The van der Waals surface area contributed by atoms with Gasteiger partial charge in [0.2, 0.25) is 5.91 Å². The van der Waals surface area contributed by atoms with Gasteiger partial charge in [0, 0.05) is 13.7 Å². The van der Waals surface area contributed by atoms with Crippen molar-refractivity contribution in [2.45, 2.75) is 32.7 Å². The van der Waals surface area contributed by atoms with Crippen molar-refractivity contribution in [1.82, 2.24) is 4.90 Å². The van der Waals surface area contributed by atoms with Crippen molar-refractivity contribution in [2.24, 2.45) is 5.92 Å². The number of carbonyl (C=O) groups excluding carboxylic acids is 1. The maximum Gasteiger partial charge on any atom is 0.326 e. The van der Waals surface area contributed by atoms with Crippen LogP contribution in [0.25, 0.3) is 0 Å². The Morgan fingerprint density at radius 2 is 1.79 bits per heavy atom. The number of nitrogens with zero attached hydrogens (tertiary/aromatic N) is 1. The summed E-state index contributed by atoms with van der Waals surface area (Å²) in [6, 6.07) is -1.02. The van der Waals surface area contributed by atoms with Gasteiger partial charge in [0.1, 0.15) is 12.6 Å². The second-order valence-electron chi connectivity index (χ2n) is 4.36. The van der Waals surface area contributed by atoms with Crippen LogP contribution < -0.4 is 0 Å². The average molecular weight is 275 g/mol. The second-order valence-corrected chi connectivity index (χ2v) is 4.36. The Bertz CT molecular complexity index is 330. The minimum Gasteiger partial charge on any atom is -0.481 e. The zero-order valence-corrected chi connectivity index (χ0v) is 11.5. The molecule has 0 heterocycles. The molecule has 7 nitrogen and oxygen atoms in total. The molecular weight excluding hydrogens is 254 g/mol. The Labute approximate surface area is 112 Å². The van der Waals surface area contributed by atoms with Gasteiger partial charge >= 0.3 is 11.9 Å². The molecule has 0 radical (unpaired) electrons. The molecule has 110 valence electrons. The van der Waals surface area contributed by atoms with E-state index in [0.29, 0.717) is 6.42 Å². The first kappa shape index (κ1) is 17.4. The zero-order chi connectivity index (χ0) is 15.0. The van der Waals surface area contributed by atoms with Gasteiger partial charge in [-0.25, -0.2) is 4.79 Å². The van der Waals surface area contributed by atoms with Gasteiger partial charge in [0.25, 0.3) is 0 Å². The number of amides is 1. The van der Waals surface area contributed by atoms with Crippen molar-refractivity contribution in [2.75, 3.05) is 20.3 Å². The highest BCUT2D eigenvalue weighted by atomic mass is 16.5. The van der Waals surface area contributed by atoms with Gasteiger partial charge in [-0.3, -0.25) is 9.59 Å². The Morgan fingerprint density at radius 1 is 1.21 bits per heavy atom. The third kappa shape index (κ3) is 5.69. The van der Waals surface area contributed by atoms with E-state index in [1.165, 1.54) is 14.0 Å². The van der Waals surface area contributed by atoms with Crippen LogP contribution >= 0.6 is 0 Å². The van der Waals surface area contributed by atoms with Crippen LogP contribution in [0, 0.1) is 5.92 Å². The summed E-state index contributed by atoms with van der Waals surface area (Å²) in [5.41, 5.74) is 0. The van der Waals surface area contributed by atoms with Gasteiger partial charge < -0.3 is 19.8 Å². The third-order valence-electron chi connectivity index (χ3n) is 2.70. The number of hydrogen-bond donors (Lipinski definition) is 2. The van der Waals surface area contributed by atoms with E-state index in [0.717, 1.165) is 4.90 Å². The molecule has 2 unspecified atom stereocenters. The van der Waals surface area contributed by atoms with Gasteiger partial charge in [-0.15, -0.1) is 0 Å². The number of aliphatic carboxylic acids is 2. The molecule has 0 rings (SSSR count). The fraction of sp³-hybridized carbons (Fsp3) is 0.750. The van der Waals surface area contributed by atoms with Crippen LogP contribution in [0.5, 0.6) is 0 Å². The fourth-order valence-electron chi connectivity index (χ4n) is 1.67. The lowest BCUT2D eigenvalue weighted by Crippen LogP contribution is -2.49. The quantitative estimate of drug-likeness (QED) is 0.632. The number of rotatable bonds is 9. The van der Waals surface area contributed by atoms with Gasteiger partial charge in [-0.1, -0.05) is 20.3 Å². The van der Waals surface area contributed by atoms with Gasteiger partial charge in [0.15, 0.2) is 0 Å². The predicted molar refractivity (Wildman–Crippen MR) is 66.7 cm³/mol. The lowest BCUT2D eigenvalue weighted by Gasteiger charge is -2.30. The Morgan fingerprint density at radius 3 is 2.16 bits per heavy atom. The van der Waals surface area contributed by atoms with Crippen molar-refractivity contribution < 1.29 is 29.3 Å². The maximum absolute atomic E-state index is 11.9. The Kier molecular flexibility index (Phi) is 7.74. The Balaban J connectivity index is 5.05. The van der Waals surface area contributed by atoms with Gasteiger partial charge in [-0.05, 0) is 6.42 Å². The molecule has 2 atom stereocenters. The van der Waals surface area contributed by atoms with E-state index < -0.39 is 29.8 Å². The molecule has 0 aliphatic rings. The average Bonchev–Trinajstić information content (AvgIpc) is 2.32. The number of carboxylic acid groups (broad SMARTS) is 2. The molecule has 0 aromatic heterocycles. The summed E-state index contributed by atoms with van der Waals surface area (Å²) in [4.78, 5) is 35.0. The van der Waals surface area contributed by atoms with E-state index in [-0.39, 0.29) is 19.6 Å². The first-order chi connectivity index (χ1) is 8.84. The van der Waals surface area contributed by atoms with Crippen LogP contribution in [0.1, 0.15) is 26.7 Å². The van der Waals surface area contributed by atoms with Crippen LogP contribution in [-0.2, 0) is 19.1 Å². The van der Waals surface area contributed by atoms with E-state index in [9.17, 15) is 14.4 Å². The summed E-state index contributed by atoms with van der Waals surface area (Å²) >= 11 is 0. The maximum atomic E-state index is 11.9. The second kappa shape index (κ2) is 8.47. The molecule has 7 heteroatoms. The van der Waals surface area contributed by atoms with Crippen LogP contribution in [-0.4, -0.2) is 59.3 Å². The smallest absolute Gasteiger partial charge is 0.326 e. The molecular formula is C12H21NO6. The van der Waals surface area contributed by atoms with Crippen molar-refractivity contribution in [1.29, 1.82) is 0 Å². The van der Waals surface area contributed by atoms with E-state index in [1.54, 1.807) is 6.92 Å². The van der Waals surface area contributed by atoms with E-state index in [1.807, 2.05) is 0 Å². The zero-order valence-electron chi connectivity index (χ0n) is 11.5. The van der Waals surface area contributed by atoms with Crippen LogP contribution in [0.3, 0.4) is 0 Å². The summed E-state index contributed by atoms with van der Waals surface area (Å²) in [5, 5.41) is 18.0. The topological polar surface area (TPSA) is 104 Å². The summed E-state index contributed by atoms with van der Waals surface area (Å²) in [7, 11) is 1.33. The molecule has 1 amide bonds. The normalized spacial score (nSPS) is 13.6. The van der Waals surface area contributed by atoms with Crippen molar-refractivity contribution in [3.63, 3.8) is 0 Å². The monoisotopic (exact) mass is 275 g/mol. The van der Waals surface area contributed by atoms with E-state index >= 15 is 0 Å². The molecule has 0 saturated carbocycles. The summed E-state index contributed by atoms with van der Waals surface area (Å²) in [5.74, 6) is -3.56. The van der Waals surface area contributed by atoms with Crippen LogP contribution in [0.15, 0.2) is 0 Å². The molecule has 0 aromatic rings. The van der Waals surface area contributed by atoms with Gasteiger partial charge in [-0.2, -0.15) is 0 Å². The number of methoxy groups -OCH3 is 1. The van der Waals surface area contributed by atoms with Crippen molar-refractivity contribution in [3.05, 3.63) is 0 Å². The lowest BCUT2D eigenvalue weighted by molar-refractivity contribution is -0.155. The highest BCUT2D eigenvalue weighted by molar-refractivity contribution is 5.85. The summed E-state index contributed by atoms with van der Waals surface area (Å²) in [6.45, 7) is 2.82. The molecule has 0 saturated heterocycles. The minimum atomic E-state index is -1.14. The standard InChI is InChI=1S/C12H21NO6/c1-4-5-9(12(17)18)13(10(14)7-19-3)6-8(2)11(15)16/h8-9H,4-7H2,1-3H3,(H,15,16)(H,17,18). The molecule has 2 N–H and O–H groups in total. The Hall–Kier alpha value is -1.63. The summed E-state index contributed by atoms with van der Waals surface area (Å²) < 4.78 is 4.70. The SMILES string of the molecule is CCCC(C(=O)O)N(CC(C)C(=O)O)C(=O)COC. The first-order valence-electron chi connectivity index (χ1n) is 6.09. The fourth-order valence-corrected chi connectivity index (χ4v) is 1.67. The third-order valence-corrected chi connectivity index (χ3v) is 2.70. The number of carboxylic acids is 2.